The van der Waals surface area contributed by atoms with Crippen molar-refractivity contribution in [1.29, 1.82) is 0 Å². The third-order valence-corrected chi connectivity index (χ3v) is 3.76. The topological polar surface area (TPSA) is 50.4 Å². The van der Waals surface area contributed by atoms with Crippen molar-refractivity contribution in [2.24, 2.45) is 0 Å². The van der Waals surface area contributed by atoms with Gasteiger partial charge in [0.15, 0.2) is 0 Å². The first-order valence-corrected chi connectivity index (χ1v) is 7.00. The number of fused-ring (bicyclic) bond motifs is 1. The molecule has 0 saturated carbocycles. The van der Waals surface area contributed by atoms with Crippen LogP contribution >= 0.6 is 0 Å². The Hall–Kier alpha value is -2.49. The van der Waals surface area contributed by atoms with Gasteiger partial charge >= 0.3 is 0 Å². The Labute approximate surface area is 124 Å². The summed E-state index contributed by atoms with van der Waals surface area (Å²) in [6.45, 7) is 2.42. The molecule has 0 fully saturated rings. The summed E-state index contributed by atoms with van der Waals surface area (Å²) in [7, 11) is 1.86. The first kappa shape index (κ1) is 13.5. The molecule has 0 saturated heterocycles. The minimum Gasteiger partial charge on any atom is -0.491 e. The summed E-state index contributed by atoms with van der Waals surface area (Å²) in [4.78, 5) is 12.4. The number of hydrogen-bond donors (Lipinski definition) is 2. The molecule has 3 rings (SSSR count). The molecule has 1 aliphatic heterocycles. The highest BCUT2D eigenvalue weighted by Crippen LogP contribution is 2.31. The fourth-order valence-electron chi connectivity index (χ4n) is 2.59. The first-order valence-electron chi connectivity index (χ1n) is 7.00. The molecule has 0 radical (unpaired) electrons. The molecule has 1 heterocycles. The summed E-state index contributed by atoms with van der Waals surface area (Å²) in [5.41, 5.74) is 3.68. The maximum Gasteiger partial charge on any atom is 0.252 e. The van der Waals surface area contributed by atoms with E-state index < -0.39 is 0 Å². The van der Waals surface area contributed by atoms with Crippen LogP contribution in [0.1, 0.15) is 27.5 Å². The van der Waals surface area contributed by atoms with Crippen molar-refractivity contribution in [3.05, 3.63) is 59.2 Å². The van der Waals surface area contributed by atoms with E-state index in [1.165, 1.54) is 0 Å². The van der Waals surface area contributed by atoms with Crippen LogP contribution in [0.15, 0.2) is 42.5 Å². The van der Waals surface area contributed by atoms with E-state index in [0.717, 1.165) is 22.6 Å². The number of carbonyl (C=O) groups excluding carboxylic acids is 1. The minimum absolute atomic E-state index is 0.0690. The van der Waals surface area contributed by atoms with E-state index in [2.05, 4.69) is 10.6 Å². The molecular weight excluding hydrogens is 264 g/mol. The highest BCUT2D eigenvalue weighted by molar-refractivity contribution is 5.96. The maximum atomic E-state index is 12.4. The van der Waals surface area contributed by atoms with E-state index in [9.17, 15) is 4.79 Å². The zero-order valence-electron chi connectivity index (χ0n) is 12.1. The Morgan fingerprint density at radius 1 is 1.24 bits per heavy atom. The van der Waals surface area contributed by atoms with Gasteiger partial charge in [-0.05, 0) is 36.8 Å². The molecule has 0 aliphatic carbocycles. The van der Waals surface area contributed by atoms with Crippen LogP contribution in [-0.2, 0) is 0 Å². The average Bonchev–Trinajstić information content (AvgIpc) is 2.90. The molecule has 2 aromatic rings. The van der Waals surface area contributed by atoms with Crippen LogP contribution in [0.3, 0.4) is 0 Å². The van der Waals surface area contributed by atoms with E-state index in [-0.39, 0.29) is 11.9 Å². The van der Waals surface area contributed by atoms with Gasteiger partial charge < -0.3 is 15.4 Å². The molecule has 1 amide bonds. The number of carbonyl (C=O) groups is 1. The molecule has 4 nitrogen and oxygen atoms in total. The van der Waals surface area contributed by atoms with Crippen molar-refractivity contribution in [1.82, 2.24) is 5.32 Å². The van der Waals surface area contributed by atoms with Crippen LogP contribution in [-0.4, -0.2) is 19.6 Å². The van der Waals surface area contributed by atoms with Gasteiger partial charge in [0.2, 0.25) is 0 Å². The second-order valence-corrected chi connectivity index (χ2v) is 5.15. The van der Waals surface area contributed by atoms with Crippen molar-refractivity contribution in [2.45, 2.75) is 13.0 Å². The summed E-state index contributed by atoms with van der Waals surface area (Å²) in [5.74, 6) is 0.783. The lowest BCUT2D eigenvalue weighted by atomic mass is 10.0. The van der Waals surface area contributed by atoms with Gasteiger partial charge in [0.1, 0.15) is 12.4 Å². The molecular formula is C17H18N2O2. The van der Waals surface area contributed by atoms with E-state index in [1.807, 2.05) is 56.4 Å². The molecule has 0 aromatic heterocycles. The Morgan fingerprint density at radius 2 is 2.05 bits per heavy atom. The van der Waals surface area contributed by atoms with Gasteiger partial charge in [-0.1, -0.05) is 18.2 Å². The quantitative estimate of drug-likeness (QED) is 0.910. The van der Waals surface area contributed by atoms with Gasteiger partial charge in [-0.3, -0.25) is 4.79 Å². The van der Waals surface area contributed by atoms with E-state index >= 15 is 0 Å². The molecule has 0 spiro atoms. The summed E-state index contributed by atoms with van der Waals surface area (Å²) >= 11 is 0. The van der Waals surface area contributed by atoms with Crippen LogP contribution in [0.25, 0.3) is 0 Å². The van der Waals surface area contributed by atoms with Crippen molar-refractivity contribution >= 4 is 11.6 Å². The third kappa shape index (κ3) is 2.57. The average molecular weight is 282 g/mol. The molecule has 21 heavy (non-hydrogen) atoms. The number of rotatable bonds is 3. The lowest BCUT2D eigenvalue weighted by Gasteiger charge is -2.14. The zero-order valence-corrected chi connectivity index (χ0v) is 12.1. The highest BCUT2D eigenvalue weighted by atomic mass is 16.5. The van der Waals surface area contributed by atoms with Gasteiger partial charge in [-0.2, -0.15) is 0 Å². The van der Waals surface area contributed by atoms with E-state index in [4.69, 9.17) is 4.74 Å². The predicted octanol–water partition coefficient (Wildman–Crippen LogP) is 2.90. The third-order valence-electron chi connectivity index (χ3n) is 3.76. The molecule has 1 atom stereocenters. The first-order chi connectivity index (χ1) is 10.2. The summed E-state index contributed by atoms with van der Waals surface area (Å²) < 4.78 is 5.59. The molecule has 108 valence electrons. The van der Waals surface area contributed by atoms with Crippen LogP contribution in [0, 0.1) is 6.92 Å². The van der Waals surface area contributed by atoms with Crippen molar-refractivity contribution < 1.29 is 9.53 Å². The number of nitrogens with one attached hydrogen (secondary N) is 2. The second kappa shape index (κ2) is 5.48. The van der Waals surface area contributed by atoms with Gasteiger partial charge in [0.25, 0.3) is 5.91 Å². The van der Waals surface area contributed by atoms with Crippen LogP contribution < -0.4 is 15.4 Å². The monoisotopic (exact) mass is 282 g/mol. The van der Waals surface area contributed by atoms with Gasteiger partial charge in [0.05, 0.1) is 6.04 Å². The van der Waals surface area contributed by atoms with Gasteiger partial charge in [0, 0.05) is 23.9 Å². The van der Waals surface area contributed by atoms with E-state index in [1.54, 1.807) is 0 Å². The number of hydrogen-bond acceptors (Lipinski definition) is 3. The van der Waals surface area contributed by atoms with Crippen LogP contribution in [0.4, 0.5) is 5.69 Å². The smallest absolute Gasteiger partial charge is 0.252 e. The Morgan fingerprint density at radius 3 is 2.81 bits per heavy atom. The van der Waals surface area contributed by atoms with E-state index in [0.29, 0.717) is 12.2 Å². The lowest BCUT2D eigenvalue weighted by molar-refractivity contribution is 0.0929. The molecule has 2 N–H and O–H groups in total. The molecule has 1 aliphatic rings. The predicted molar refractivity (Wildman–Crippen MR) is 82.9 cm³/mol. The van der Waals surface area contributed by atoms with Crippen LogP contribution in [0.5, 0.6) is 5.75 Å². The SMILES string of the molecule is CNc1ccc(C(=O)NC2COc3ccccc32)c(C)c1. The fraction of sp³-hybridized carbons (Fsp3) is 0.235. The highest BCUT2D eigenvalue weighted by Gasteiger charge is 2.25. The second-order valence-electron chi connectivity index (χ2n) is 5.15. The molecule has 4 heteroatoms. The van der Waals surface area contributed by atoms with Gasteiger partial charge in [-0.15, -0.1) is 0 Å². The summed E-state index contributed by atoms with van der Waals surface area (Å²) in [5, 5.41) is 6.11. The normalized spacial score (nSPS) is 16.0. The number of benzene rings is 2. The Bertz CT molecular complexity index is 682. The van der Waals surface area contributed by atoms with Crippen LogP contribution in [0.2, 0.25) is 0 Å². The number of anilines is 1. The summed E-state index contributed by atoms with van der Waals surface area (Å²) in [6.07, 6.45) is 0. The Kier molecular flexibility index (Phi) is 3.52. The number of ether oxygens (including phenoxy) is 1. The lowest BCUT2D eigenvalue weighted by Crippen LogP contribution is -2.29. The molecule has 0 bridgehead atoms. The van der Waals surface area contributed by atoms with Crippen molar-refractivity contribution in [2.75, 3.05) is 19.0 Å². The number of aryl methyl sites for hydroxylation is 1. The largest absolute Gasteiger partial charge is 0.491 e. The number of amides is 1. The minimum atomic E-state index is -0.0860. The zero-order chi connectivity index (χ0) is 14.8. The Balaban J connectivity index is 1.79. The maximum absolute atomic E-state index is 12.4. The van der Waals surface area contributed by atoms with Crippen molar-refractivity contribution in [3.63, 3.8) is 0 Å². The molecule has 1 unspecified atom stereocenters. The van der Waals surface area contributed by atoms with Gasteiger partial charge in [-0.25, -0.2) is 0 Å². The fourth-order valence-corrected chi connectivity index (χ4v) is 2.59. The molecule has 2 aromatic carbocycles. The standard InChI is InChI=1S/C17H18N2O2/c1-11-9-12(18-2)7-8-13(11)17(20)19-15-10-21-16-6-4-3-5-14(15)16/h3-9,15,18H,10H2,1-2H3,(H,19,20). The summed E-state index contributed by atoms with van der Waals surface area (Å²) in [6, 6.07) is 13.4. The van der Waals surface area contributed by atoms with Crippen molar-refractivity contribution in [3.8, 4) is 5.75 Å². The number of para-hydroxylation sites is 1.